The lowest BCUT2D eigenvalue weighted by Crippen LogP contribution is -2.49. The van der Waals surface area contributed by atoms with Crippen LogP contribution >= 0.6 is 23.2 Å². The number of nitro benzene ring substituents is 1. The fourth-order valence-corrected chi connectivity index (χ4v) is 2.03. The molecule has 0 fully saturated rings. The molecule has 0 radical (unpaired) electrons. The summed E-state index contributed by atoms with van der Waals surface area (Å²) in [7, 11) is 0. The Morgan fingerprint density at radius 1 is 1.55 bits per heavy atom. The number of halogens is 3. The first-order valence-electron chi connectivity index (χ1n) is 5.08. The predicted octanol–water partition coefficient (Wildman–Crippen LogP) is 2.22. The number of carbonyl (C=O) groups excluding carboxylic acids is 1. The number of nitrogens with zero attached hydrogens (tertiary/aromatic N) is 2. The molecule has 0 aliphatic carbocycles. The first-order valence-corrected chi connectivity index (χ1v) is 5.83. The molecule has 1 heterocycles. The lowest BCUT2D eigenvalue weighted by atomic mass is 10.2. The Kier molecular flexibility index (Phi) is 3.46. The van der Waals surface area contributed by atoms with Gasteiger partial charge in [-0.2, -0.15) is 4.39 Å². The van der Waals surface area contributed by atoms with E-state index >= 15 is 0 Å². The van der Waals surface area contributed by atoms with Crippen molar-refractivity contribution < 1.29 is 18.8 Å². The van der Waals surface area contributed by atoms with Gasteiger partial charge < -0.3 is 4.74 Å². The zero-order chi connectivity index (χ0) is 15.1. The Balaban J connectivity index is 2.65. The van der Waals surface area contributed by atoms with Gasteiger partial charge in [0.05, 0.1) is 17.2 Å². The fourth-order valence-electron chi connectivity index (χ4n) is 1.66. The van der Waals surface area contributed by atoms with Crippen LogP contribution in [0.5, 0.6) is 5.75 Å². The number of nitro groups is 1. The van der Waals surface area contributed by atoms with E-state index in [0.29, 0.717) is 0 Å². The quantitative estimate of drug-likeness (QED) is 0.363. The van der Waals surface area contributed by atoms with Gasteiger partial charge >= 0.3 is 16.1 Å². The van der Waals surface area contributed by atoms with Crippen LogP contribution in [0.3, 0.4) is 0 Å². The van der Waals surface area contributed by atoms with Gasteiger partial charge in [0, 0.05) is 12.1 Å². The summed E-state index contributed by atoms with van der Waals surface area (Å²) in [5.74, 6) is -0.0919. The Morgan fingerprint density at radius 2 is 2.20 bits per heavy atom. The van der Waals surface area contributed by atoms with Crippen molar-refractivity contribution in [2.45, 2.75) is 4.52 Å². The number of ether oxygens (including phenoxy) is 1. The molecular weight excluding hydrogens is 314 g/mol. The zero-order valence-electron chi connectivity index (χ0n) is 9.60. The number of hydrogen-bond acceptors (Lipinski definition) is 4. The fraction of sp³-hybridized carbons (Fsp3) is 0.182. The predicted molar refractivity (Wildman–Crippen MR) is 69.3 cm³/mol. The van der Waals surface area contributed by atoms with Gasteiger partial charge in [-0.15, -0.1) is 6.42 Å². The first-order chi connectivity index (χ1) is 9.27. The molecular formula is C11H5Cl2FN2O4. The lowest BCUT2D eigenvalue weighted by molar-refractivity contribution is -0.387. The number of terminal acetylenes is 1. The van der Waals surface area contributed by atoms with Crippen LogP contribution < -0.4 is 9.64 Å². The molecule has 0 spiro atoms. The van der Waals surface area contributed by atoms with Crippen molar-refractivity contribution in [1.29, 1.82) is 0 Å². The number of hydrogen-bond donors (Lipinski definition) is 0. The Morgan fingerprint density at radius 3 is 2.75 bits per heavy atom. The minimum atomic E-state index is -2.27. The van der Waals surface area contributed by atoms with Crippen LogP contribution in [0, 0.1) is 28.3 Å². The summed E-state index contributed by atoms with van der Waals surface area (Å²) in [6, 6.07) is 1.56. The molecule has 0 atom stereocenters. The summed E-state index contributed by atoms with van der Waals surface area (Å²) < 4.78 is 16.2. The third-order valence-electron chi connectivity index (χ3n) is 2.50. The highest BCUT2D eigenvalue weighted by Crippen LogP contribution is 2.43. The number of rotatable bonds is 2. The normalized spacial score (nSPS) is 16.1. The van der Waals surface area contributed by atoms with E-state index in [1.807, 2.05) is 0 Å². The average Bonchev–Trinajstić information content (AvgIpc) is 2.33. The molecule has 9 heteroatoms. The van der Waals surface area contributed by atoms with Crippen LogP contribution in [-0.4, -0.2) is 21.9 Å². The van der Waals surface area contributed by atoms with E-state index in [2.05, 4.69) is 5.92 Å². The summed E-state index contributed by atoms with van der Waals surface area (Å²) in [6.07, 6.45) is 5.12. The molecule has 1 aliphatic heterocycles. The monoisotopic (exact) mass is 318 g/mol. The van der Waals surface area contributed by atoms with Crippen LogP contribution in [0.2, 0.25) is 0 Å². The number of carbonyl (C=O) groups is 1. The zero-order valence-corrected chi connectivity index (χ0v) is 11.1. The summed E-state index contributed by atoms with van der Waals surface area (Å²) in [5.41, 5.74) is -0.892. The lowest BCUT2D eigenvalue weighted by Gasteiger charge is -2.34. The third-order valence-corrected chi connectivity index (χ3v) is 2.98. The molecule has 1 aromatic carbocycles. The highest BCUT2D eigenvalue weighted by atomic mass is 35.5. The van der Waals surface area contributed by atoms with Gasteiger partial charge in [-0.1, -0.05) is 5.92 Å². The second-order valence-electron chi connectivity index (χ2n) is 3.74. The second kappa shape index (κ2) is 4.81. The number of fused-ring (bicyclic) bond motifs is 1. The average molecular weight is 319 g/mol. The number of amides is 1. The molecule has 0 N–H and O–H groups in total. The maximum atomic E-state index is 13.5. The van der Waals surface area contributed by atoms with Gasteiger partial charge in [-0.25, -0.2) is 0 Å². The summed E-state index contributed by atoms with van der Waals surface area (Å²) in [6.45, 7) is -0.251. The van der Waals surface area contributed by atoms with E-state index in [1.54, 1.807) is 0 Å². The highest BCUT2D eigenvalue weighted by Gasteiger charge is 2.46. The molecule has 0 unspecified atom stereocenters. The van der Waals surface area contributed by atoms with Gasteiger partial charge in [0.1, 0.15) is 0 Å². The van der Waals surface area contributed by atoms with Crippen LogP contribution in [-0.2, 0) is 4.79 Å². The van der Waals surface area contributed by atoms with Crippen molar-refractivity contribution in [2.75, 3.05) is 11.4 Å². The Bertz CT molecular complexity index is 657. The van der Waals surface area contributed by atoms with E-state index in [-0.39, 0.29) is 18.0 Å². The van der Waals surface area contributed by atoms with Gasteiger partial charge in [0.25, 0.3) is 0 Å². The number of benzene rings is 1. The minimum absolute atomic E-state index is 0.0713. The molecule has 0 saturated carbocycles. The van der Waals surface area contributed by atoms with E-state index in [4.69, 9.17) is 34.4 Å². The highest BCUT2D eigenvalue weighted by molar-refractivity contribution is 6.58. The Labute approximate surface area is 122 Å². The number of anilines is 1. The Hall–Kier alpha value is -2.04. The van der Waals surface area contributed by atoms with Gasteiger partial charge in [0.15, 0.2) is 5.75 Å². The molecule has 0 aromatic heterocycles. The molecule has 104 valence electrons. The second-order valence-corrected chi connectivity index (χ2v) is 5.00. The largest absolute Gasteiger partial charge is 0.448 e. The van der Waals surface area contributed by atoms with Gasteiger partial charge in [-0.3, -0.25) is 19.8 Å². The standard InChI is InChI=1S/C11H5Cl2FN2O4/c1-2-3-15-8-5-7(16(18)19)6(14)4-9(8)20-11(12,13)10(15)17/h1,4-5H,3H2. The SMILES string of the molecule is C#CCN1C(=O)C(Cl)(Cl)Oc2cc(F)c([N+](=O)[O-])cc21. The summed E-state index contributed by atoms with van der Waals surface area (Å²) >= 11 is 11.3. The van der Waals surface area contributed by atoms with Crippen molar-refractivity contribution in [1.82, 2.24) is 0 Å². The molecule has 0 bridgehead atoms. The molecule has 2 rings (SSSR count). The maximum Gasteiger partial charge on any atom is 0.339 e. The van der Waals surface area contributed by atoms with Crippen LogP contribution in [0.15, 0.2) is 12.1 Å². The van der Waals surface area contributed by atoms with Crippen molar-refractivity contribution in [3.63, 3.8) is 0 Å². The third kappa shape index (κ3) is 2.24. The van der Waals surface area contributed by atoms with Gasteiger partial charge in [-0.05, 0) is 23.2 Å². The smallest absolute Gasteiger partial charge is 0.339 e. The van der Waals surface area contributed by atoms with E-state index in [0.717, 1.165) is 17.0 Å². The molecule has 20 heavy (non-hydrogen) atoms. The van der Waals surface area contributed by atoms with Crippen LogP contribution in [0.25, 0.3) is 0 Å². The van der Waals surface area contributed by atoms with E-state index < -0.39 is 26.9 Å². The molecule has 6 nitrogen and oxygen atoms in total. The topological polar surface area (TPSA) is 72.7 Å². The van der Waals surface area contributed by atoms with Crippen molar-refractivity contribution in [3.05, 3.63) is 28.1 Å². The van der Waals surface area contributed by atoms with E-state index in [1.165, 1.54) is 0 Å². The van der Waals surface area contributed by atoms with Crippen molar-refractivity contribution >= 4 is 40.5 Å². The number of alkyl halides is 2. The summed E-state index contributed by atoms with van der Waals surface area (Å²) in [5, 5.41) is 10.7. The first kappa shape index (κ1) is 14.4. The molecule has 1 aromatic rings. The minimum Gasteiger partial charge on any atom is -0.448 e. The van der Waals surface area contributed by atoms with Crippen LogP contribution in [0.4, 0.5) is 15.8 Å². The molecule has 1 amide bonds. The molecule has 1 aliphatic rings. The molecule has 0 saturated heterocycles. The summed E-state index contributed by atoms with van der Waals surface area (Å²) in [4.78, 5) is 22.6. The van der Waals surface area contributed by atoms with E-state index in [9.17, 15) is 19.3 Å². The van der Waals surface area contributed by atoms with Crippen LogP contribution in [0.1, 0.15) is 0 Å². The van der Waals surface area contributed by atoms with Gasteiger partial charge in [0.2, 0.25) is 5.82 Å². The van der Waals surface area contributed by atoms with Crippen molar-refractivity contribution in [2.24, 2.45) is 0 Å². The maximum absolute atomic E-state index is 13.5. The van der Waals surface area contributed by atoms with Crippen molar-refractivity contribution in [3.8, 4) is 18.1 Å².